The second-order valence-corrected chi connectivity index (χ2v) is 5.41. The van der Waals surface area contributed by atoms with Crippen molar-refractivity contribution in [2.45, 2.75) is 33.2 Å². The van der Waals surface area contributed by atoms with Crippen LogP contribution in [0.5, 0.6) is 0 Å². The molecule has 0 spiro atoms. The van der Waals surface area contributed by atoms with Gasteiger partial charge in [-0.2, -0.15) is 0 Å². The van der Waals surface area contributed by atoms with Gasteiger partial charge in [0.05, 0.1) is 6.61 Å². The highest BCUT2D eigenvalue weighted by Crippen LogP contribution is 2.20. The molecule has 0 radical (unpaired) electrons. The predicted molar refractivity (Wildman–Crippen MR) is 76.2 cm³/mol. The molecule has 0 saturated carbocycles. The van der Waals surface area contributed by atoms with Gasteiger partial charge in [-0.3, -0.25) is 4.79 Å². The van der Waals surface area contributed by atoms with Crippen LogP contribution in [-0.4, -0.2) is 25.2 Å². The largest absolute Gasteiger partial charge is 0.398 e. The molecule has 2 atom stereocenters. The van der Waals surface area contributed by atoms with E-state index in [0.717, 1.165) is 30.8 Å². The van der Waals surface area contributed by atoms with Gasteiger partial charge in [0, 0.05) is 29.8 Å². The highest BCUT2D eigenvalue weighted by Gasteiger charge is 2.24. The van der Waals surface area contributed by atoms with E-state index in [1.807, 2.05) is 26.8 Å². The number of nitrogen functional groups attached to an aromatic ring is 1. The zero-order valence-corrected chi connectivity index (χ0v) is 11.8. The second-order valence-electron chi connectivity index (χ2n) is 5.41. The number of carbonyl (C=O) groups is 1. The molecular formula is C15H22N2O2. The van der Waals surface area contributed by atoms with Gasteiger partial charge in [-0.15, -0.1) is 0 Å². The molecule has 0 aliphatic carbocycles. The summed E-state index contributed by atoms with van der Waals surface area (Å²) in [5.41, 5.74) is 9.16. The van der Waals surface area contributed by atoms with Gasteiger partial charge in [0.25, 0.3) is 5.91 Å². The summed E-state index contributed by atoms with van der Waals surface area (Å²) in [6, 6.07) is 3.84. The maximum Gasteiger partial charge on any atom is 0.251 e. The Kier molecular flexibility index (Phi) is 4.10. The quantitative estimate of drug-likeness (QED) is 0.819. The number of rotatable bonds is 3. The first-order chi connectivity index (χ1) is 8.99. The van der Waals surface area contributed by atoms with Crippen LogP contribution < -0.4 is 11.1 Å². The van der Waals surface area contributed by atoms with Crippen LogP contribution in [0.1, 0.15) is 34.8 Å². The number of benzene rings is 1. The first kappa shape index (κ1) is 13.9. The number of nitrogens with one attached hydrogen (secondary N) is 1. The molecule has 1 heterocycles. The molecule has 19 heavy (non-hydrogen) atoms. The van der Waals surface area contributed by atoms with Crippen molar-refractivity contribution in [1.29, 1.82) is 0 Å². The zero-order chi connectivity index (χ0) is 14.0. The van der Waals surface area contributed by atoms with E-state index in [4.69, 9.17) is 10.5 Å². The number of ether oxygens (including phenoxy) is 1. The number of anilines is 1. The summed E-state index contributed by atoms with van der Waals surface area (Å²) in [6.07, 6.45) is 1.01. The summed E-state index contributed by atoms with van der Waals surface area (Å²) in [5.74, 6) is 0.357. The van der Waals surface area contributed by atoms with Crippen molar-refractivity contribution in [3.8, 4) is 0 Å². The highest BCUT2D eigenvalue weighted by atomic mass is 16.5. The fourth-order valence-electron chi connectivity index (χ4n) is 2.46. The summed E-state index contributed by atoms with van der Waals surface area (Å²) in [7, 11) is 0. The van der Waals surface area contributed by atoms with Crippen LogP contribution in [0.15, 0.2) is 12.1 Å². The molecular weight excluding hydrogens is 240 g/mol. The third-order valence-corrected chi connectivity index (χ3v) is 3.89. The van der Waals surface area contributed by atoms with Gasteiger partial charge in [0.1, 0.15) is 0 Å². The Bertz CT molecular complexity index is 479. The van der Waals surface area contributed by atoms with Crippen molar-refractivity contribution in [3.63, 3.8) is 0 Å². The van der Waals surface area contributed by atoms with Crippen LogP contribution in [0.4, 0.5) is 5.69 Å². The third kappa shape index (κ3) is 3.07. The molecule has 1 saturated heterocycles. The van der Waals surface area contributed by atoms with Crippen LogP contribution in [0.3, 0.4) is 0 Å². The van der Waals surface area contributed by atoms with E-state index < -0.39 is 0 Å². The van der Waals surface area contributed by atoms with E-state index in [0.29, 0.717) is 17.2 Å². The van der Waals surface area contributed by atoms with Crippen LogP contribution in [-0.2, 0) is 4.74 Å². The monoisotopic (exact) mass is 262 g/mol. The molecule has 1 aliphatic heterocycles. The Balaban J connectivity index is 2.09. The number of hydrogen-bond donors (Lipinski definition) is 2. The smallest absolute Gasteiger partial charge is 0.251 e. The van der Waals surface area contributed by atoms with Crippen LogP contribution in [0.2, 0.25) is 0 Å². The lowest BCUT2D eigenvalue weighted by molar-refractivity contribution is 0.0921. The van der Waals surface area contributed by atoms with Gasteiger partial charge in [-0.1, -0.05) is 6.07 Å². The molecule has 1 amide bonds. The van der Waals surface area contributed by atoms with Crippen LogP contribution in [0, 0.1) is 19.8 Å². The lowest BCUT2D eigenvalue weighted by atomic mass is 9.99. The summed E-state index contributed by atoms with van der Waals surface area (Å²) in [5, 5.41) is 3.05. The molecule has 1 fully saturated rings. The molecule has 104 valence electrons. The van der Waals surface area contributed by atoms with Crippen LogP contribution in [0.25, 0.3) is 0 Å². The molecule has 3 N–H and O–H groups in total. The molecule has 1 aliphatic rings. The zero-order valence-electron chi connectivity index (χ0n) is 11.8. The van der Waals surface area contributed by atoms with E-state index in [9.17, 15) is 4.79 Å². The predicted octanol–water partition coefficient (Wildman–Crippen LogP) is 2.04. The Hall–Kier alpha value is -1.55. The van der Waals surface area contributed by atoms with Crippen molar-refractivity contribution in [2.24, 2.45) is 5.92 Å². The number of hydrogen-bond acceptors (Lipinski definition) is 3. The van der Waals surface area contributed by atoms with Gasteiger partial charge in [-0.25, -0.2) is 0 Å². The fourth-order valence-corrected chi connectivity index (χ4v) is 2.46. The van der Waals surface area contributed by atoms with E-state index in [-0.39, 0.29) is 11.9 Å². The minimum atomic E-state index is -0.0522. The van der Waals surface area contributed by atoms with E-state index in [1.54, 1.807) is 6.07 Å². The van der Waals surface area contributed by atoms with Crippen molar-refractivity contribution in [2.75, 3.05) is 18.9 Å². The maximum absolute atomic E-state index is 12.3. The van der Waals surface area contributed by atoms with Gasteiger partial charge < -0.3 is 15.8 Å². The summed E-state index contributed by atoms with van der Waals surface area (Å²) >= 11 is 0. The number of nitrogens with two attached hydrogens (primary N) is 1. The topological polar surface area (TPSA) is 64.3 Å². The molecule has 4 heteroatoms. The first-order valence-corrected chi connectivity index (χ1v) is 6.74. The minimum Gasteiger partial charge on any atom is -0.398 e. The van der Waals surface area contributed by atoms with Crippen LogP contribution >= 0.6 is 0 Å². The van der Waals surface area contributed by atoms with Crippen molar-refractivity contribution in [1.82, 2.24) is 5.32 Å². The summed E-state index contributed by atoms with van der Waals surface area (Å²) in [6.45, 7) is 7.44. The molecule has 2 unspecified atom stereocenters. The summed E-state index contributed by atoms with van der Waals surface area (Å²) < 4.78 is 5.35. The van der Waals surface area contributed by atoms with Crippen molar-refractivity contribution >= 4 is 11.6 Å². The Morgan fingerprint density at radius 1 is 1.42 bits per heavy atom. The Morgan fingerprint density at radius 2 is 2.16 bits per heavy atom. The highest BCUT2D eigenvalue weighted by molar-refractivity contribution is 5.96. The number of carbonyl (C=O) groups excluding carboxylic acids is 1. The number of aryl methyl sites for hydroxylation is 2. The Morgan fingerprint density at radius 3 is 2.79 bits per heavy atom. The summed E-state index contributed by atoms with van der Waals surface area (Å²) in [4.78, 5) is 12.3. The van der Waals surface area contributed by atoms with Gasteiger partial charge in [0.2, 0.25) is 0 Å². The van der Waals surface area contributed by atoms with Gasteiger partial charge in [-0.05, 0) is 44.4 Å². The average molecular weight is 262 g/mol. The second kappa shape index (κ2) is 5.61. The van der Waals surface area contributed by atoms with E-state index in [1.165, 1.54) is 0 Å². The maximum atomic E-state index is 12.3. The SMILES string of the molecule is Cc1cc(C)c(C(=O)NC(C)C2CCOC2)cc1N. The molecule has 0 aromatic heterocycles. The standard InChI is InChI=1S/C15H22N2O2/c1-9-6-10(2)14(16)7-13(9)15(18)17-11(3)12-4-5-19-8-12/h6-7,11-12H,4-5,8,16H2,1-3H3,(H,17,18). The van der Waals surface area contributed by atoms with Crippen molar-refractivity contribution in [3.05, 3.63) is 28.8 Å². The molecule has 2 rings (SSSR count). The minimum absolute atomic E-state index is 0.0522. The lowest BCUT2D eigenvalue weighted by Crippen LogP contribution is -2.38. The lowest BCUT2D eigenvalue weighted by Gasteiger charge is -2.20. The molecule has 1 aromatic carbocycles. The normalized spacial score (nSPS) is 20.3. The molecule has 1 aromatic rings. The molecule has 4 nitrogen and oxygen atoms in total. The van der Waals surface area contributed by atoms with Gasteiger partial charge >= 0.3 is 0 Å². The molecule has 0 bridgehead atoms. The first-order valence-electron chi connectivity index (χ1n) is 6.74. The third-order valence-electron chi connectivity index (χ3n) is 3.89. The van der Waals surface area contributed by atoms with Crippen molar-refractivity contribution < 1.29 is 9.53 Å². The Labute approximate surface area is 114 Å². The number of amides is 1. The fraction of sp³-hybridized carbons (Fsp3) is 0.533. The average Bonchev–Trinajstić information content (AvgIpc) is 2.87. The van der Waals surface area contributed by atoms with E-state index in [2.05, 4.69) is 5.32 Å². The van der Waals surface area contributed by atoms with Gasteiger partial charge in [0.15, 0.2) is 0 Å². The van der Waals surface area contributed by atoms with E-state index >= 15 is 0 Å².